The van der Waals surface area contributed by atoms with Crippen molar-refractivity contribution in [3.05, 3.63) is 59.7 Å². The SMILES string of the molecule is Fc1ccc([C@@H]2[NH2+]CCn3cccc32)cc1. The topological polar surface area (TPSA) is 21.5 Å². The molecule has 2 N–H and O–H groups in total. The maximum absolute atomic E-state index is 12.9. The highest BCUT2D eigenvalue weighted by atomic mass is 19.1. The number of rotatable bonds is 1. The van der Waals surface area contributed by atoms with E-state index in [1.807, 2.05) is 12.1 Å². The van der Waals surface area contributed by atoms with Crippen LogP contribution in [0.25, 0.3) is 0 Å². The predicted molar refractivity (Wildman–Crippen MR) is 59.5 cm³/mol. The van der Waals surface area contributed by atoms with Crippen molar-refractivity contribution in [2.45, 2.75) is 12.6 Å². The van der Waals surface area contributed by atoms with Crippen LogP contribution in [0.5, 0.6) is 0 Å². The highest BCUT2D eigenvalue weighted by molar-refractivity contribution is 5.27. The number of halogens is 1. The fraction of sp³-hybridized carbons (Fsp3) is 0.231. The molecular formula is C13H14FN2+. The number of fused-ring (bicyclic) bond motifs is 1. The summed E-state index contributed by atoms with van der Waals surface area (Å²) in [6, 6.07) is 11.3. The third-order valence-electron chi connectivity index (χ3n) is 3.18. The van der Waals surface area contributed by atoms with Crippen LogP contribution in [0.3, 0.4) is 0 Å². The minimum absolute atomic E-state index is 0.171. The minimum atomic E-state index is -0.171. The van der Waals surface area contributed by atoms with Gasteiger partial charge in [0, 0.05) is 11.8 Å². The second-order valence-electron chi connectivity index (χ2n) is 4.18. The van der Waals surface area contributed by atoms with Gasteiger partial charge in [0.1, 0.15) is 5.82 Å². The molecule has 82 valence electrons. The van der Waals surface area contributed by atoms with Gasteiger partial charge in [-0.15, -0.1) is 0 Å². The van der Waals surface area contributed by atoms with Crippen LogP contribution in [0.15, 0.2) is 42.6 Å². The molecule has 0 saturated carbocycles. The van der Waals surface area contributed by atoms with Crippen LogP contribution in [-0.2, 0) is 6.54 Å². The van der Waals surface area contributed by atoms with E-state index in [0.717, 1.165) is 13.1 Å². The van der Waals surface area contributed by atoms with Crippen molar-refractivity contribution in [1.82, 2.24) is 4.57 Å². The predicted octanol–water partition coefficient (Wildman–Crippen LogP) is 1.29. The Labute approximate surface area is 93.7 Å². The van der Waals surface area contributed by atoms with Gasteiger partial charge in [-0.1, -0.05) is 0 Å². The molecule has 0 fully saturated rings. The van der Waals surface area contributed by atoms with E-state index in [2.05, 4.69) is 28.2 Å². The Morgan fingerprint density at radius 1 is 1.19 bits per heavy atom. The lowest BCUT2D eigenvalue weighted by molar-refractivity contribution is -0.693. The summed E-state index contributed by atoms with van der Waals surface area (Å²) in [5, 5.41) is 2.31. The van der Waals surface area contributed by atoms with E-state index in [-0.39, 0.29) is 5.82 Å². The van der Waals surface area contributed by atoms with E-state index < -0.39 is 0 Å². The zero-order valence-corrected chi connectivity index (χ0v) is 8.94. The van der Waals surface area contributed by atoms with Crippen molar-refractivity contribution >= 4 is 0 Å². The number of nitrogens with two attached hydrogens (primary N) is 1. The fourth-order valence-electron chi connectivity index (χ4n) is 2.39. The van der Waals surface area contributed by atoms with Gasteiger partial charge in [0.05, 0.1) is 18.8 Å². The highest BCUT2D eigenvalue weighted by Crippen LogP contribution is 2.21. The molecule has 0 unspecified atom stereocenters. The molecule has 1 aliphatic rings. The first-order valence-corrected chi connectivity index (χ1v) is 5.58. The number of hydrogen-bond donors (Lipinski definition) is 1. The Kier molecular flexibility index (Phi) is 2.26. The molecule has 16 heavy (non-hydrogen) atoms. The molecule has 1 atom stereocenters. The molecule has 0 amide bonds. The summed E-state index contributed by atoms with van der Waals surface area (Å²) in [4.78, 5) is 0. The van der Waals surface area contributed by atoms with Crippen LogP contribution in [0, 0.1) is 5.82 Å². The van der Waals surface area contributed by atoms with Gasteiger partial charge >= 0.3 is 0 Å². The van der Waals surface area contributed by atoms with Gasteiger partial charge in [-0.05, 0) is 36.4 Å². The van der Waals surface area contributed by atoms with E-state index in [1.54, 1.807) is 0 Å². The number of nitrogens with zero attached hydrogens (tertiary/aromatic N) is 1. The van der Waals surface area contributed by atoms with Crippen molar-refractivity contribution < 1.29 is 9.71 Å². The van der Waals surface area contributed by atoms with E-state index in [4.69, 9.17) is 0 Å². The van der Waals surface area contributed by atoms with Crippen LogP contribution >= 0.6 is 0 Å². The van der Waals surface area contributed by atoms with E-state index in [9.17, 15) is 4.39 Å². The summed E-state index contributed by atoms with van der Waals surface area (Å²) < 4.78 is 15.1. The van der Waals surface area contributed by atoms with Crippen LogP contribution in [0.2, 0.25) is 0 Å². The van der Waals surface area contributed by atoms with Crippen molar-refractivity contribution in [3.63, 3.8) is 0 Å². The summed E-state index contributed by atoms with van der Waals surface area (Å²) in [6.45, 7) is 2.13. The summed E-state index contributed by atoms with van der Waals surface area (Å²) in [7, 11) is 0. The molecule has 1 aromatic heterocycles. The molecule has 3 rings (SSSR count). The quantitative estimate of drug-likeness (QED) is 0.743. The van der Waals surface area contributed by atoms with Crippen LogP contribution in [-0.4, -0.2) is 11.1 Å². The van der Waals surface area contributed by atoms with Gasteiger partial charge in [0.15, 0.2) is 6.04 Å². The number of aromatic nitrogens is 1. The zero-order valence-electron chi connectivity index (χ0n) is 8.94. The van der Waals surface area contributed by atoms with Crippen LogP contribution in [0.1, 0.15) is 17.3 Å². The average molecular weight is 217 g/mol. The van der Waals surface area contributed by atoms with Gasteiger partial charge in [0.2, 0.25) is 0 Å². The molecule has 0 radical (unpaired) electrons. The third kappa shape index (κ3) is 1.53. The highest BCUT2D eigenvalue weighted by Gasteiger charge is 2.24. The Bertz CT molecular complexity index is 487. The molecule has 2 aromatic rings. The lowest BCUT2D eigenvalue weighted by atomic mass is 10.0. The molecule has 0 saturated heterocycles. The monoisotopic (exact) mass is 217 g/mol. The molecule has 2 heterocycles. The molecule has 0 aliphatic carbocycles. The smallest absolute Gasteiger partial charge is 0.152 e. The summed E-state index contributed by atoms with van der Waals surface area (Å²) in [6.07, 6.45) is 2.11. The van der Waals surface area contributed by atoms with Crippen LogP contribution in [0.4, 0.5) is 4.39 Å². The van der Waals surface area contributed by atoms with Crippen molar-refractivity contribution in [3.8, 4) is 0 Å². The second-order valence-corrected chi connectivity index (χ2v) is 4.18. The van der Waals surface area contributed by atoms with Gasteiger partial charge in [0.25, 0.3) is 0 Å². The van der Waals surface area contributed by atoms with E-state index in [0.29, 0.717) is 6.04 Å². The van der Waals surface area contributed by atoms with Gasteiger partial charge in [-0.2, -0.15) is 0 Å². The molecule has 1 aliphatic heterocycles. The largest absolute Gasteiger partial charge is 0.341 e. The standard InChI is InChI=1S/C13H13FN2/c14-11-5-3-10(4-6-11)13-12-2-1-8-16(12)9-7-15-13/h1-6,8,13,15H,7,9H2/p+1/t13-/m0/s1. The third-order valence-corrected chi connectivity index (χ3v) is 3.18. The lowest BCUT2D eigenvalue weighted by Gasteiger charge is -2.23. The molecular weight excluding hydrogens is 203 g/mol. The second kappa shape index (κ2) is 3.76. The van der Waals surface area contributed by atoms with E-state index in [1.165, 1.54) is 23.4 Å². The average Bonchev–Trinajstić information content (AvgIpc) is 2.78. The van der Waals surface area contributed by atoms with Crippen molar-refractivity contribution in [1.29, 1.82) is 0 Å². The van der Waals surface area contributed by atoms with Gasteiger partial charge in [-0.3, -0.25) is 0 Å². The number of benzene rings is 1. The number of quaternary nitrogens is 1. The maximum atomic E-state index is 12.9. The summed E-state index contributed by atoms with van der Waals surface area (Å²) >= 11 is 0. The molecule has 2 nitrogen and oxygen atoms in total. The van der Waals surface area contributed by atoms with Gasteiger partial charge < -0.3 is 9.88 Å². The first kappa shape index (κ1) is 9.60. The van der Waals surface area contributed by atoms with Crippen LogP contribution < -0.4 is 5.32 Å². The molecule has 1 aromatic carbocycles. The fourth-order valence-corrected chi connectivity index (χ4v) is 2.39. The van der Waals surface area contributed by atoms with E-state index >= 15 is 0 Å². The number of hydrogen-bond acceptors (Lipinski definition) is 0. The van der Waals surface area contributed by atoms with Crippen molar-refractivity contribution in [2.24, 2.45) is 0 Å². The van der Waals surface area contributed by atoms with Gasteiger partial charge in [-0.25, -0.2) is 4.39 Å². The molecule has 0 spiro atoms. The first-order valence-electron chi connectivity index (χ1n) is 5.58. The Balaban J connectivity index is 2.00. The molecule has 3 heteroatoms. The normalized spacial score (nSPS) is 19.4. The molecule has 0 bridgehead atoms. The summed E-state index contributed by atoms with van der Waals surface area (Å²) in [5.41, 5.74) is 2.47. The Hall–Kier alpha value is -1.61. The lowest BCUT2D eigenvalue weighted by Crippen LogP contribution is -2.88. The minimum Gasteiger partial charge on any atom is -0.341 e. The Morgan fingerprint density at radius 2 is 2.00 bits per heavy atom. The first-order chi connectivity index (χ1) is 7.84. The van der Waals surface area contributed by atoms with Crippen molar-refractivity contribution in [2.75, 3.05) is 6.54 Å². The maximum Gasteiger partial charge on any atom is 0.152 e. The summed E-state index contributed by atoms with van der Waals surface area (Å²) in [5.74, 6) is -0.171. The zero-order chi connectivity index (χ0) is 11.0. The Morgan fingerprint density at radius 3 is 2.81 bits per heavy atom.